The first-order chi connectivity index (χ1) is 10.2. The van der Waals surface area contributed by atoms with Crippen LogP contribution in [-0.4, -0.2) is 16.7 Å². The first-order valence-corrected chi connectivity index (χ1v) is 6.80. The summed E-state index contributed by atoms with van der Waals surface area (Å²) in [6, 6.07) is 13.9. The predicted molar refractivity (Wildman–Crippen MR) is 82.9 cm³/mol. The molecule has 3 rings (SSSR count). The van der Waals surface area contributed by atoms with Crippen LogP contribution in [0.1, 0.15) is 0 Å². The Morgan fingerprint density at radius 2 is 1.71 bits per heavy atom. The first kappa shape index (κ1) is 13.6. The molecule has 0 bridgehead atoms. The fourth-order valence-electron chi connectivity index (χ4n) is 2.19. The molecule has 0 radical (unpaired) electrons. The largest absolute Gasteiger partial charge is 0.497 e. The van der Waals surface area contributed by atoms with Crippen molar-refractivity contribution in [1.82, 2.24) is 9.55 Å². The van der Waals surface area contributed by atoms with E-state index in [0.29, 0.717) is 4.77 Å². The van der Waals surface area contributed by atoms with Gasteiger partial charge in [0, 0.05) is 17.4 Å². The smallest absolute Gasteiger partial charge is 0.182 e. The number of ether oxygens (including phenoxy) is 1. The summed E-state index contributed by atoms with van der Waals surface area (Å²) in [4.78, 5) is 3.03. The van der Waals surface area contributed by atoms with E-state index in [4.69, 9.17) is 17.0 Å². The third-order valence-electron chi connectivity index (χ3n) is 3.25. The minimum Gasteiger partial charge on any atom is -0.497 e. The molecule has 0 fully saturated rings. The molecule has 3 aromatic rings. The van der Waals surface area contributed by atoms with Gasteiger partial charge in [-0.3, -0.25) is 4.57 Å². The van der Waals surface area contributed by atoms with Gasteiger partial charge in [0.05, 0.1) is 12.8 Å². The van der Waals surface area contributed by atoms with E-state index in [1.54, 1.807) is 19.2 Å². The Kier molecular flexibility index (Phi) is 3.58. The molecule has 0 aliphatic carbocycles. The van der Waals surface area contributed by atoms with Crippen LogP contribution in [0.15, 0.2) is 54.7 Å². The SMILES string of the molecule is COc1ccc(-n2c(-c3ccc(F)cc3)c[nH]c2=S)cc1. The van der Waals surface area contributed by atoms with Crippen LogP contribution in [0.25, 0.3) is 16.9 Å². The molecule has 2 aromatic carbocycles. The normalized spacial score (nSPS) is 10.6. The second-order valence-corrected chi connectivity index (χ2v) is 4.91. The van der Waals surface area contributed by atoms with Crippen LogP contribution in [0, 0.1) is 10.6 Å². The molecular formula is C16H13FN2OS. The molecule has 0 saturated carbocycles. The Morgan fingerprint density at radius 1 is 1.05 bits per heavy atom. The molecule has 0 unspecified atom stereocenters. The minimum atomic E-state index is -0.260. The molecule has 1 N–H and O–H groups in total. The second kappa shape index (κ2) is 5.54. The first-order valence-electron chi connectivity index (χ1n) is 6.40. The molecule has 0 aliphatic heterocycles. The number of nitrogens with zero attached hydrogens (tertiary/aromatic N) is 1. The maximum atomic E-state index is 13.1. The van der Waals surface area contributed by atoms with E-state index in [-0.39, 0.29) is 5.82 Å². The summed E-state index contributed by atoms with van der Waals surface area (Å²) in [7, 11) is 1.63. The van der Waals surface area contributed by atoms with Crippen molar-refractivity contribution < 1.29 is 9.13 Å². The number of imidazole rings is 1. The van der Waals surface area contributed by atoms with Gasteiger partial charge in [0.15, 0.2) is 4.77 Å². The zero-order valence-electron chi connectivity index (χ0n) is 11.3. The molecule has 0 atom stereocenters. The van der Waals surface area contributed by atoms with E-state index in [0.717, 1.165) is 22.7 Å². The van der Waals surface area contributed by atoms with Gasteiger partial charge in [0.2, 0.25) is 0 Å². The van der Waals surface area contributed by atoms with Crippen LogP contribution in [0.4, 0.5) is 4.39 Å². The number of aromatic nitrogens is 2. The molecule has 1 heterocycles. The zero-order valence-corrected chi connectivity index (χ0v) is 12.2. The van der Waals surface area contributed by atoms with Crippen LogP contribution in [-0.2, 0) is 0 Å². The molecule has 1 aromatic heterocycles. The van der Waals surface area contributed by atoms with Crippen LogP contribution >= 0.6 is 12.2 Å². The van der Waals surface area contributed by atoms with E-state index in [2.05, 4.69) is 4.98 Å². The maximum absolute atomic E-state index is 13.1. The third-order valence-corrected chi connectivity index (χ3v) is 3.55. The van der Waals surface area contributed by atoms with Crippen molar-refractivity contribution in [3.05, 3.63) is 65.3 Å². The predicted octanol–water partition coefficient (Wildman–Crippen LogP) is 4.35. The lowest BCUT2D eigenvalue weighted by atomic mass is 10.1. The quantitative estimate of drug-likeness (QED) is 0.729. The molecule has 21 heavy (non-hydrogen) atoms. The number of H-pyrrole nitrogens is 1. The molecule has 3 nitrogen and oxygen atoms in total. The summed E-state index contributed by atoms with van der Waals surface area (Å²) in [6.45, 7) is 0. The molecule has 0 saturated heterocycles. The lowest BCUT2D eigenvalue weighted by Gasteiger charge is -2.09. The minimum absolute atomic E-state index is 0.260. The summed E-state index contributed by atoms with van der Waals surface area (Å²) in [5, 5.41) is 0. The van der Waals surface area contributed by atoms with Gasteiger partial charge >= 0.3 is 0 Å². The average molecular weight is 300 g/mol. The summed E-state index contributed by atoms with van der Waals surface area (Å²) in [6.07, 6.45) is 1.82. The zero-order chi connectivity index (χ0) is 14.8. The molecule has 5 heteroatoms. The molecule has 0 spiro atoms. The van der Waals surface area contributed by atoms with Gasteiger partial charge in [-0.15, -0.1) is 0 Å². The number of hydrogen-bond acceptors (Lipinski definition) is 2. The highest BCUT2D eigenvalue weighted by Gasteiger charge is 2.09. The van der Waals surface area contributed by atoms with E-state index in [1.165, 1.54) is 12.1 Å². The number of halogens is 1. The van der Waals surface area contributed by atoms with Gasteiger partial charge in [0.25, 0.3) is 0 Å². The van der Waals surface area contributed by atoms with Gasteiger partial charge in [-0.2, -0.15) is 0 Å². The average Bonchev–Trinajstić information content (AvgIpc) is 2.90. The van der Waals surface area contributed by atoms with Crippen LogP contribution < -0.4 is 4.74 Å². The number of benzene rings is 2. The number of aromatic amines is 1. The number of nitrogens with one attached hydrogen (secondary N) is 1. The van der Waals surface area contributed by atoms with Crippen LogP contribution in [0.2, 0.25) is 0 Å². The second-order valence-electron chi connectivity index (χ2n) is 4.52. The third kappa shape index (κ3) is 2.60. The molecule has 0 amide bonds. The van der Waals surface area contributed by atoms with Crippen molar-refractivity contribution in [2.45, 2.75) is 0 Å². The van der Waals surface area contributed by atoms with E-state index in [9.17, 15) is 4.39 Å². The van der Waals surface area contributed by atoms with Crippen molar-refractivity contribution in [3.63, 3.8) is 0 Å². The van der Waals surface area contributed by atoms with E-state index >= 15 is 0 Å². The highest BCUT2D eigenvalue weighted by atomic mass is 32.1. The van der Waals surface area contributed by atoms with Gasteiger partial charge in [-0.25, -0.2) is 4.39 Å². The fraction of sp³-hybridized carbons (Fsp3) is 0.0625. The monoisotopic (exact) mass is 300 g/mol. The summed E-state index contributed by atoms with van der Waals surface area (Å²) < 4.78 is 20.7. The van der Waals surface area contributed by atoms with Gasteiger partial charge in [0.1, 0.15) is 11.6 Å². The van der Waals surface area contributed by atoms with E-state index in [1.807, 2.05) is 35.0 Å². The number of hydrogen-bond donors (Lipinski definition) is 1. The Hall–Kier alpha value is -2.40. The molecule has 0 aliphatic rings. The van der Waals surface area contributed by atoms with Gasteiger partial charge in [-0.1, -0.05) is 0 Å². The molecular weight excluding hydrogens is 287 g/mol. The Balaban J connectivity index is 2.12. The number of rotatable bonds is 3. The molecule has 106 valence electrons. The highest BCUT2D eigenvalue weighted by molar-refractivity contribution is 7.71. The van der Waals surface area contributed by atoms with Gasteiger partial charge < -0.3 is 9.72 Å². The lowest BCUT2D eigenvalue weighted by Crippen LogP contribution is -1.97. The van der Waals surface area contributed by atoms with Crippen molar-refractivity contribution in [2.75, 3.05) is 7.11 Å². The number of methoxy groups -OCH3 is 1. The van der Waals surface area contributed by atoms with Crippen molar-refractivity contribution in [3.8, 4) is 22.7 Å². The summed E-state index contributed by atoms with van der Waals surface area (Å²) in [5.41, 5.74) is 2.69. The Morgan fingerprint density at radius 3 is 2.33 bits per heavy atom. The maximum Gasteiger partial charge on any atom is 0.182 e. The van der Waals surface area contributed by atoms with Crippen molar-refractivity contribution in [2.24, 2.45) is 0 Å². The Labute approximate surface area is 126 Å². The summed E-state index contributed by atoms with van der Waals surface area (Å²) in [5.74, 6) is 0.521. The van der Waals surface area contributed by atoms with Crippen molar-refractivity contribution >= 4 is 12.2 Å². The standard InChI is InChI=1S/C16H13FN2OS/c1-20-14-8-6-13(7-9-14)19-15(10-18-16(19)21)11-2-4-12(17)5-3-11/h2-10H,1H3,(H,18,21). The Bertz CT molecular complexity index is 804. The fourth-order valence-corrected chi connectivity index (χ4v) is 2.45. The highest BCUT2D eigenvalue weighted by Crippen LogP contribution is 2.25. The van der Waals surface area contributed by atoms with E-state index < -0.39 is 0 Å². The van der Waals surface area contributed by atoms with Crippen molar-refractivity contribution in [1.29, 1.82) is 0 Å². The lowest BCUT2D eigenvalue weighted by molar-refractivity contribution is 0.414. The van der Waals surface area contributed by atoms with Gasteiger partial charge in [-0.05, 0) is 60.7 Å². The van der Waals surface area contributed by atoms with Crippen LogP contribution in [0.3, 0.4) is 0 Å². The topological polar surface area (TPSA) is 29.9 Å². The summed E-state index contributed by atoms with van der Waals surface area (Å²) >= 11 is 5.34. The van der Waals surface area contributed by atoms with Crippen LogP contribution in [0.5, 0.6) is 5.75 Å².